The zero-order chi connectivity index (χ0) is 12.5. The molecule has 1 saturated heterocycles. The molecule has 0 N–H and O–H groups in total. The fourth-order valence-corrected chi connectivity index (χ4v) is 1.98. The number of unbranched alkanes of at least 4 members (excludes halogenated alkanes) is 1. The Hall–Kier alpha value is -0.450. The molecule has 0 aromatic rings. The summed E-state index contributed by atoms with van der Waals surface area (Å²) in [4.78, 5) is 11.1. The number of ether oxygens (including phenoxy) is 3. The van der Waals surface area contributed by atoms with Crippen LogP contribution in [-0.2, 0) is 19.0 Å². The number of hydrogen-bond donors (Lipinski definition) is 0. The highest BCUT2D eigenvalue weighted by Crippen LogP contribution is 2.14. The van der Waals surface area contributed by atoms with Gasteiger partial charge in [-0.15, -0.1) is 0 Å². The standard InChI is InChI=1S/C13H24O4/c1-11(14)12(15-2)7-3-5-9-16-13-8-4-6-10-17-13/h12-13H,3-10H2,1-2H3. The molecule has 1 fully saturated rings. The molecule has 0 radical (unpaired) electrons. The van der Waals surface area contributed by atoms with Gasteiger partial charge in [0.1, 0.15) is 6.10 Å². The molecule has 4 heteroatoms. The van der Waals surface area contributed by atoms with E-state index in [-0.39, 0.29) is 18.2 Å². The van der Waals surface area contributed by atoms with Crippen molar-refractivity contribution >= 4 is 5.78 Å². The summed E-state index contributed by atoms with van der Waals surface area (Å²) in [5.41, 5.74) is 0. The average molecular weight is 244 g/mol. The van der Waals surface area contributed by atoms with Crippen molar-refractivity contribution in [3.05, 3.63) is 0 Å². The second-order valence-corrected chi connectivity index (χ2v) is 4.50. The first-order valence-corrected chi connectivity index (χ1v) is 6.50. The van der Waals surface area contributed by atoms with E-state index >= 15 is 0 Å². The van der Waals surface area contributed by atoms with Crippen molar-refractivity contribution in [2.75, 3.05) is 20.3 Å². The van der Waals surface area contributed by atoms with Gasteiger partial charge in [-0.2, -0.15) is 0 Å². The normalized spacial score (nSPS) is 22.4. The van der Waals surface area contributed by atoms with Crippen LogP contribution in [0.2, 0.25) is 0 Å². The molecule has 0 aromatic heterocycles. The minimum Gasteiger partial charge on any atom is -0.374 e. The summed E-state index contributed by atoms with van der Waals surface area (Å²) in [6.45, 7) is 3.10. The Morgan fingerprint density at radius 1 is 1.41 bits per heavy atom. The predicted molar refractivity (Wildman–Crippen MR) is 64.9 cm³/mol. The highest BCUT2D eigenvalue weighted by atomic mass is 16.7. The third-order valence-electron chi connectivity index (χ3n) is 3.04. The zero-order valence-corrected chi connectivity index (χ0v) is 10.9. The molecule has 0 spiro atoms. The number of hydrogen-bond acceptors (Lipinski definition) is 4. The van der Waals surface area contributed by atoms with Crippen LogP contribution in [0.1, 0.15) is 45.4 Å². The summed E-state index contributed by atoms with van der Waals surface area (Å²) in [5, 5.41) is 0. The Bertz CT molecular complexity index is 211. The quantitative estimate of drug-likeness (QED) is 0.615. The summed E-state index contributed by atoms with van der Waals surface area (Å²) >= 11 is 0. The third-order valence-corrected chi connectivity index (χ3v) is 3.04. The smallest absolute Gasteiger partial charge is 0.158 e. The molecular weight excluding hydrogens is 220 g/mol. The van der Waals surface area contributed by atoms with E-state index < -0.39 is 0 Å². The van der Waals surface area contributed by atoms with Crippen molar-refractivity contribution in [3.8, 4) is 0 Å². The minimum absolute atomic E-state index is 0.00483. The summed E-state index contributed by atoms with van der Waals surface area (Å²) in [6.07, 6.45) is 5.78. The van der Waals surface area contributed by atoms with Crippen molar-refractivity contribution in [1.82, 2.24) is 0 Å². The minimum atomic E-state index is -0.249. The lowest BCUT2D eigenvalue weighted by Crippen LogP contribution is -2.23. The van der Waals surface area contributed by atoms with E-state index in [1.54, 1.807) is 14.0 Å². The SMILES string of the molecule is COC(CCCCOC1CCCCO1)C(C)=O. The molecule has 0 bridgehead atoms. The molecule has 4 nitrogen and oxygen atoms in total. The van der Waals surface area contributed by atoms with Gasteiger partial charge in [0.05, 0.1) is 0 Å². The highest BCUT2D eigenvalue weighted by Gasteiger charge is 2.14. The first-order valence-electron chi connectivity index (χ1n) is 6.50. The molecule has 0 aromatic carbocycles. The van der Waals surface area contributed by atoms with Gasteiger partial charge in [-0.1, -0.05) is 0 Å². The molecule has 0 saturated carbocycles. The van der Waals surface area contributed by atoms with E-state index in [2.05, 4.69) is 0 Å². The molecule has 1 rings (SSSR count). The zero-order valence-electron chi connectivity index (χ0n) is 10.9. The summed E-state index contributed by atoms with van der Waals surface area (Å²) in [6, 6.07) is 0. The molecule has 0 aliphatic carbocycles. The highest BCUT2D eigenvalue weighted by molar-refractivity contribution is 5.80. The van der Waals surface area contributed by atoms with Gasteiger partial charge < -0.3 is 14.2 Å². The molecule has 1 heterocycles. The summed E-state index contributed by atoms with van der Waals surface area (Å²) in [7, 11) is 1.58. The molecule has 17 heavy (non-hydrogen) atoms. The van der Waals surface area contributed by atoms with Crippen LogP contribution in [0, 0.1) is 0 Å². The summed E-state index contributed by atoms with van der Waals surface area (Å²) < 4.78 is 16.2. The average Bonchev–Trinajstić information content (AvgIpc) is 2.34. The predicted octanol–water partition coefficient (Wildman–Crippen LogP) is 2.30. The molecule has 1 aliphatic heterocycles. The second-order valence-electron chi connectivity index (χ2n) is 4.50. The van der Waals surface area contributed by atoms with Gasteiger partial charge in [0.25, 0.3) is 0 Å². The monoisotopic (exact) mass is 244 g/mol. The van der Waals surface area contributed by atoms with Gasteiger partial charge in [0, 0.05) is 20.3 Å². The molecule has 100 valence electrons. The van der Waals surface area contributed by atoms with Crippen LogP contribution in [0.4, 0.5) is 0 Å². The lowest BCUT2D eigenvalue weighted by Gasteiger charge is -2.22. The van der Waals surface area contributed by atoms with Gasteiger partial charge in [0.15, 0.2) is 12.1 Å². The van der Waals surface area contributed by atoms with E-state index in [4.69, 9.17) is 14.2 Å². The van der Waals surface area contributed by atoms with Crippen molar-refractivity contribution in [3.63, 3.8) is 0 Å². The van der Waals surface area contributed by atoms with Gasteiger partial charge in [-0.3, -0.25) is 4.79 Å². The Kier molecular flexibility index (Phi) is 7.40. The van der Waals surface area contributed by atoms with Gasteiger partial charge >= 0.3 is 0 Å². The Balaban J connectivity index is 1.98. The van der Waals surface area contributed by atoms with Crippen LogP contribution in [0.3, 0.4) is 0 Å². The fraction of sp³-hybridized carbons (Fsp3) is 0.923. The molecule has 1 aliphatic rings. The number of Topliss-reactive ketones (excluding diaryl/α,β-unsaturated/α-hetero) is 1. The number of carbonyl (C=O) groups is 1. The molecule has 0 amide bonds. The maximum atomic E-state index is 11.1. The van der Waals surface area contributed by atoms with E-state index in [1.807, 2.05) is 0 Å². The van der Waals surface area contributed by atoms with Crippen LogP contribution in [0.5, 0.6) is 0 Å². The molecule has 2 atom stereocenters. The number of ketones is 1. The molecular formula is C13H24O4. The van der Waals surface area contributed by atoms with Crippen molar-refractivity contribution in [1.29, 1.82) is 0 Å². The molecule has 2 unspecified atom stereocenters. The lowest BCUT2D eigenvalue weighted by atomic mass is 10.1. The van der Waals surface area contributed by atoms with Gasteiger partial charge in [-0.05, 0) is 45.4 Å². The van der Waals surface area contributed by atoms with Crippen molar-refractivity contribution in [2.45, 2.75) is 57.8 Å². The second kappa shape index (κ2) is 8.61. The van der Waals surface area contributed by atoms with Crippen molar-refractivity contribution < 1.29 is 19.0 Å². The summed E-state index contributed by atoms with van der Waals surface area (Å²) in [5.74, 6) is 0.101. The van der Waals surface area contributed by atoms with E-state index in [0.29, 0.717) is 6.61 Å². The maximum absolute atomic E-state index is 11.1. The number of carbonyl (C=O) groups excluding carboxylic acids is 1. The number of rotatable bonds is 8. The van der Waals surface area contributed by atoms with Crippen LogP contribution in [0.15, 0.2) is 0 Å². The first-order chi connectivity index (χ1) is 8.24. The Labute approximate surface area is 104 Å². The van der Waals surface area contributed by atoms with Crippen LogP contribution >= 0.6 is 0 Å². The van der Waals surface area contributed by atoms with Crippen LogP contribution < -0.4 is 0 Å². The third kappa shape index (κ3) is 6.15. The first kappa shape index (κ1) is 14.6. The Morgan fingerprint density at radius 2 is 2.24 bits per heavy atom. The topological polar surface area (TPSA) is 44.8 Å². The lowest BCUT2D eigenvalue weighted by molar-refractivity contribution is -0.163. The largest absolute Gasteiger partial charge is 0.374 e. The Morgan fingerprint density at radius 3 is 2.82 bits per heavy atom. The van der Waals surface area contributed by atoms with Crippen molar-refractivity contribution in [2.24, 2.45) is 0 Å². The van der Waals surface area contributed by atoms with Gasteiger partial charge in [0.2, 0.25) is 0 Å². The maximum Gasteiger partial charge on any atom is 0.158 e. The van der Waals surface area contributed by atoms with Crippen LogP contribution in [0.25, 0.3) is 0 Å². The number of methoxy groups -OCH3 is 1. The fourth-order valence-electron chi connectivity index (χ4n) is 1.98. The van der Waals surface area contributed by atoms with Gasteiger partial charge in [-0.25, -0.2) is 0 Å². The van der Waals surface area contributed by atoms with E-state index in [0.717, 1.165) is 38.7 Å². The van der Waals surface area contributed by atoms with E-state index in [9.17, 15) is 4.79 Å². The van der Waals surface area contributed by atoms with E-state index in [1.165, 1.54) is 6.42 Å². The van der Waals surface area contributed by atoms with Crippen LogP contribution in [-0.4, -0.2) is 38.5 Å².